The minimum absolute atomic E-state index is 0.321. The Balaban J connectivity index is 1.93. The molecular formula is C15H9ClO2S. The number of halogens is 1. The summed E-state index contributed by atoms with van der Waals surface area (Å²) in [6.45, 7) is 0. The molecule has 2 heterocycles. The molecule has 1 aliphatic heterocycles. The van der Waals surface area contributed by atoms with Crippen LogP contribution in [0.5, 0.6) is 0 Å². The van der Waals surface area contributed by atoms with Crippen molar-refractivity contribution >= 4 is 40.7 Å². The van der Waals surface area contributed by atoms with Gasteiger partial charge < -0.3 is 4.74 Å². The van der Waals surface area contributed by atoms with Crippen molar-refractivity contribution in [2.24, 2.45) is 0 Å². The Morgan fingerprint density at radius 1 is 1.16 bits per heavy atom. The van der Waals surface area contributed by atoms with Gasteiger partial charge in [-0.25, -0.2) is 4.79 Å². The minimum atomic E-state index is -0.321. The first kappa shape index (κ1) is 12.2. The van der Waals surface area contributed by atoms with Gasteiger partial charge in [0, 0.05) is 15.5 Å². The van der Waals surface area contributed by atoms with Crippen LogP contribution in [0.4, 0.5) is 0 Å². The van der Waals surface area contributed by atoms with Crippen LogP contribution in [0.3, 0.4) is 0 Å². The molecule has 0 spiro atoms. The molecule has 4 heteroatoms. The van der Waals surface area contributed by atoms with Gasteiger partial charge in [0.2, 0.25) is 0 Å². The number of hydrogen-bond donors (Lipinski definition) is 0. The monoisotopic (exact) mass is 288 g/mol. The van der Waals surface area contributed by atoms with Gasteiger partial charge >= 0.3 is 5.97 Å². The first-order chi connectivity index (χ1) is 9.22. The normalized spacial score (nSPS) is 16.6. The van der Waals surface area contributed by atoms with Crippen molar-refractivity contribution in [3.05, 3.63) is 68.9 Å². The third-order valence-electron chi connectivity index (χ3n) is 2.69. The maximum Gasteiger partial charge on any atom is 0.343 e. The highest BCUT2D eigenvalue weighted by Gasteiger charge is 2.21. The predicted molar refractivity (Wildman–Crippen MR) is 77.8 cm³/mol. The number of ether oxygens (including phenoxy) is 1. The molecule has 0 atom stereocenters. The number of benzene rings is 1. The fourth-order valence-corrected chi connectivity index (χ4v) is 2.56. The average molecular weight is 289 g/mol. The zero-order valence-corrected chi connectivity index (χ0v) is 11.4. The summed E-state index contributed by atoms with van der Waals surface area (Å²) >= 11 is 7.41. The highest BCUT2D eigenvalue weighted by molar-refractivity contribution is 7.10. The van der Waals surface area contributed by atoms with Crippen LogP contribution in [0.2, 0.25) is 5.02 Å². The number of hydrogen-bond acceptors (Lipinski definition) is 3. The molecular weight excluding hydrogens is 280 g/mol. The lowest BCUT2D eigenvalue weighted by Crippen LogP contribution is -1.96. The first-order valence-electron chi connectivity index (χ1n) is 5.67. The fraction of sp³-hybridized carbons (Fsp3) is 0. The largest absolute Gasteiger partial charge is 0.422 e. The van der Waals surface area contributed by atoms with Gasteiger partial charge in [0.1, 0.15) is 5.76 Å². The molecule has 0 saturated heterocycles. The van der Waals surface area contributed by atoms with Crippen molar-refractivity contribution in [2.75, 3.05) is 0 Å². The molecule has 94 valence electrons. The van der Waals surface area contributed by atoms with Crippen LogP contribution in [0.15, 0.2) is 53.4 Å². The molecule has 2 nitrogen and oxygen atoms in total. The van der Waals surface area contributed by atoms with E-state index in [9.17, 15) is 4.79 Å². The van der Waals surface area contributed by atoms with Gasteiger partial charge in [-0.2, -0.15) is 0 Å². The lowest BCUT2D eigenvalue weighted by atomic mass is 10.1. The quantitative estimate of drug-likeness (QED) is 0.605. The second-order valence-corrected chi connectivity index (χ2v) is 5.44. The molecule has 1 aromatic heterocycles. The number of thiophene rings is 1. The number of cyclic esters (lactones) is 1. The van der Waals surface area contributed by atoms with Crippen molar-refractivity contribution < 1.29 is 9.53 Å². The lowest BCUT2D eigenvalue weighted by Gasteiger charge is -2.00. The molecule has 1 aromatic carbocycles. The lowest BCUT2D eigenvalue weighted by molar-refractivity contribution is -0.130. The second kappa shape index (κ2) is 5.03. The Hall–Kier alpha value is -1.84. The van der Waals surface area contributed by atoms with Crippen molar-refractivity contribution in [3.8, 4) is 0 Å². The second-order valence-electron chi connectivity index (χ2n) is 4.02. The Labute approximate surface area is 119 Å². The molecule has 0 N–H and O–H groups in total. The van der Waals surface area contributed by atoms with Gasteiger partial charge in [-0.3, -0.25) is 0 Å². The predicted octanol–water partition coefficient (Wildman–Crippen LogP) is 4.38. The molecule has 19 heavy (non-hydrogen) atoms. The maximum atomic E-state index is 11.8. The van der Waals surface area contributed by atoms with E-state index in [2.05, 4.69) is 0 Å². The summed E-state index contributed by atoms with van der Waals surface area (Å²) in [5.74, 6) is 0.239. The van der Waals surface area contributed by atoms with Crippen LogP contribution < -0.4 is 0 Å². The van der Waals surface area contributed by atoms with Crippen LogP contribution in [0.1, 0.15) is 10.4 Å². The third kappa shape index (κ3) is 2.62. The van der Waals surface area contributed by atoms with E-state index < -0.39 is 0 Å². The molecule has 1 aliphatic rings. The summed E-state index contributed by atoms with van der Waals surface area (Å²) in [5.41, 5.74) is 1.40. The number of esters is 1. The van der Waals surface area contributed by atoms with E-state index >= 15 is 0 Å². The number of carbonyl (C=O) groups excluding carboxylic acids is 1. The SMILES string of the molecule is O=C1OC(c2ccc(Cl)cc2)=CC1=Cc1cccs1. The standard InChI is InChI=1S/C15H9ClO2S/c16-12-5-3-10(4-6-12)14-9-11(15(17)18-14)8-13-2-1-7-19-13/h1-9H. The first-order valence-corrected chi connectivity index (χ1v) is 6.93. The number of rotatable bonds is 2. The van der Waals surface area contributed by atoms with Gasteiger partial charge in [-0.05, 0) is 47.9 Å². The van der Waals surface area contributed by atoms with E-state index in [4.69, 9.17) is 16.3 Å². The molecule has 0 fully saturated rings. The van der Waals surface area contributed by atoms with Gasteiger partial charge in [0.05, 0.1) is 5.57 Å². The molecule has 0 radical (unpaired) electrons. The van der Waals surface area contributed by atoms with Gasteiger partial charge in [0.25, 0.3) is 0 Å². The topological polar surface area (TPSA) is 26.3 Å². The highest BCUT2D eigenvalue weighted by Crippen LogP contribution is 2.28. The molecule has 2 aromatic rings. The molecule has 0 unspecified atom stereocenters. The van der Waals surface area contributed by atoms with Gasteiger partial charge in [-0.1, -0.05) is 17.7 Å². The Morgan fingerprint density at radius 3 is 2.63 bits per heavy atom. The van der Waals surface area contributed by atoms with E-state index in [1.54, 1.807) is 29.5 Å². The molecule has 3 rings (SSSR count). The van der Waals surface area contributed by atoms with E-state index in [1.165, 1.54) is 0 Å². The Bertz CT molecular complexity index is 667. The minimum Gasteiger partial charge on any atom is -0.422 e. The van der Waals surface area contributed by atoms with Crippen LogP contribution >= 0.6 is 22.9 Å². The average Bonchev–Trinajstić information content (AvgIpc) is 3.02. The zero-order valence-electron chi connectivity index (χ0n) is 9.80. The fourth-order valence-electron chi connectivity index (χ4n) is 1.77. The van der Waals surface area contributed by atoms with Gasteiger partial charge in [0.15, 0.2) is 0 Å². The van der Waals surface area contributed by atoms with Crippen molar-refractivity contribution in [3.63, 3.8) is 0 Å². The van der Waals surface area contributed by atoms with Crippen LogP contribution in [0.25, 0.3) is 11.8 Å². The summed E-state index contributed by atoms with van der Waals surface area (Å²) in [4.78, 5) is 12.8. The molecule has 0 aliphatic carbocycles. The summed E-state index contributed by atoms with van der Waals surface area (Å²) < 4.78 is 5.26. The molecule has 0 bridgehead atoms. The molecule has 0 amide bonds. The zero-order chi connectivity index (χ0) is 13.2. The van der Waals surface area contributed by atoms with Crippen LogP contribution in [-0.2, 0) is 9.53 Å². The smallest absolute Gasteiger partial charge is 0.343 e. The number of carbonyl (C=O) groups is 1. The van der Waals surface area contributed by atoms with Crippen LogP contribution in [0, 0.1) is 0 Å². The highest BCUT2D eigenvalue weighted by atomic mass is 35.5. The Morgan fingerprint density at radius 2 is 1.95 bits per heavy atom. The van der Waals surface area contributed by atoms with Gasteiger partial charge in [-0.15, -0.1) is 11.3 Å². The van der Waals surface area contributed by atoms with E-state index in [0.717, 1.165) is 10.4 Å². The molecule has 0 saturated carbocycles. The summed E-state index contributed by atoms with van der Waals surface area (Å²) in [7, 11) is 0. The summed E-state index contributed by atoms with van der Waals surface area (Å²) in [5, 5.41) is 2.62. The van der Waals surface area contributed by atoms with Crippen molar-refractivity contribution in [1.29, 1.82) is 0 Å². The third-order valence-corrected chi connectivity index (χ3v) is 3.77. The van der Waals surface area contributed by atoms with Crippen LogP contribution in [-0.4, -0.2) is 5.97 Å². The summed E-state index contributed by atoms with van der Waals surface area (Å²) in [6, 6.07) is 11.1. The van der Waals surface area contributed by atoms with E-state index in [0.29, 0.717) is 16.4 Å². The maximum absolute atomic E-state index is 11.8. The van der Waals surface area contributed by atoms with Crippen molar-refractivity contribution in [2.45, 2.75) is 0 Å². The Kier molecular flexibility index (Phi) is 3.23. The van der Waals surface area contributed by atoms with Crippen molar-refractivity contribution in [1.82, 2.24) is 0 Å². The van der Waals surface area contributed by atoms with E-state index in [-0.39, 0.29) is 5.97 Å². The summed E-state index contributed by atoms with van der Waals surface area (Å²) in [6.07, 6.45) is 3.58. The van der Waals surface area contributed by atoms with E-state index in [1.807, 2.05) is 35.7 Å².